The molecule has 3 heterocycles. The van der Waals surface area contributed by atoms with Crippen molar-refractivity contribution in [1.29, 1.82) is 0 Å². The second-order valence-electron chi connectivity index (χ2n) is 5.41. The van der Waals surface area contributed by atoms with Gasteiger partial charge in [-0.1, -0.05) is 0 Å². The first kappa shape index (κ1) is 12.1. The Bertz CT molecular complexity index is 410. The monoisotopic (exact) mass is 252 g/mol. The van der Waals surface area contributed by atoms with Crippen LogP contribution >= 0.6 is 0 Å². The van der Waals surface area contributed by atoms with Crippen molar-refractivity contribution in [2.45, 2.75) is 43.9 Å². The van der Waals surface area contributed by atoms with Gasteiger partial charge >= 0.3 is 0 Å². The minimum Gasteiger partial charge on any atom is -0.389 e. The SMILES string of the molecule is CC(O)c1cnn(C2CCOC3(CCOC3)C2)c1. The molecule has 0 aliphatic carbocycles. The van der Waals surface area contributed by atoms with Crippen LogP contribution in [0.5, 0.6) is 0 Å². The highest BCUT2D eigenvalue weighted by molar-refractivity contribution is 5.08. The number of hydrogen-bond donors (Lipinski definition) is 1. The van der Waals surface area contributed by atoms with Crippen LogP contribution in [0.3, 0.4) is 0 Å². The molecule has 2 aliphatic rings. The van der Waals surface area contributed by atoms with Gasteiger partial charge in [0.2, 0.25) is 0 Å². The Balaban J connectivity index is 1.75. The molecule has 1 N–H and O–H groups in total. The van der Waals surface area contributed by atoms with E-state index in [0.29, 0.717) is 12.6 Å². The highest BCUT2D eigenvalue weighted by atomic mass is 16.6. The Kier molecular flexibility index (Phi) is 3.13. The molecule has 1 aromatic rings. The lowest BCUT2D eigenvalue weighted by molar-refractivity contribution is -0.0962. The van der Waals surface area contributed by atoms with Crippen LogP contribution in [0, 0.1) is 0 Å². The van der Waals surface area contributed by atoms with E-state index in [9.17, 15) is 5.11 Å². The lowest BCUT2D eigenvalue weighted by atomic mass is 9.90. The minimum absolute atomic E-state index is 0.0974. The molecule has 18 heavy (non-hydrogen) atoms. The van der Waals surface area contributed by atoms with E-state index in [0.717, 1.165) is 38.0 Å². The second kappa shape index (κ2) is 4.64. The summed E-state index contributed by atoms with van der Waals surface area (Å²) < 4.78 is 13.4. The largest absolute Gasteiger partial charge is 0.389 e. The van der Waals surface area contributed by atoms with Gasteiger partial charge in [0, 0.05) is 37.8 Å². The van der Waals surface area contributed by atoms with Crippen molar-refractivity contribution in [3.63, 3.8) is 0 Å². The molecule has 5 nitrogen and oxygen atoms in total. The Morgan fingerprint density at radius 3 is 3.11 bits per heavy atom. The number of aliphatic hydroxyl groups is 1. The third kappa shape index (κ3) is 2.18. The molecule has 3 atom stereocenters. The zero-order valence-electron chi connectivity index (χ0n) is 10.7. The Labute approximate surface area is 107 Å². The lowest BCUT2D eigenvalue weighted by Crippen LogP contribution is -2.41. The second-order valence-corrected chi connectivity index (χ2v) is 5.41. The van der Waals surface area contributed by atoms with Crippen LogP contribution in [-0.4, -0.2) is 40.3 Å². The van der Waals surface area contributed by atoms with Gasteiger partial charge in [-0.3, -0.25) is 4.68 Å². The van der Waals surface area contributed by atoms with E-state index in [4.69, 9.17) is 9.47 Å². The molecule has 0 saturated carbocycles. The van der Waals surface area contributed by atoms with Gasteiger partial charge in [0.25, 0.3) is 0 Å². The molecule has 2 fully saturated rings. The highest BCUT2D eigenvalue weighted by Gasteiger charge is 2.41. The molecule has 0 aromatic carbocycles. The molecule has 3 unspecified atom stereocenters. The quantitative estimate of drug-likeness (QED) is 0.865. The average Bonchev–Trinajstić information content (AvgIpc) is 2.98. The predicted octanol–water partition coefficient (Wildman–Crippen LogP) is 1.45. The molecule has 3 rings (SSSR count). The van der Waals surface area contributed by atoms with Gasteiger partial charge in [-0.05, 0) is 13.3 Å². The van der Waals surface area contributed by atoms with Gasteiger partial charge in [-0.25, -0.2) is 0 Å². The fourth-order valence-electron chi connectivity index (χ4n) is 2.86. The van der Waals surface area contributed by atoms with Crippen LogP contribution in [0.4, 0.5) is 0 Å². The van der Waals surface area contributed by atoms with Gasteiger partial charge < -0.3 is 14.6 Å². The number of rotatable bonds is 2. The average molecular weight is 252 g/mol. The van der Waals surface area contributed by atoms with Crippen LogP contribution in [0.2, 0.25) is 0 Å². The Morgan fingerprint density at radius 1 is 1.56 bits per heavy atom. The van der Waals surface area contributed by atoms with Crippen LogP contribution in [-0.2, 0) is 9.47 Å². The standard InChI is InChI=1S/C13H20N2O3/c1-10(16)11-7-14-15(8-11)12-2-4-18-13(6-12)3-5-17-9-13/h7-8,10,12,16H,2-6,9H2,1H3. The first-order valence-electron chi connectivity index (χ1n) is 6.62. The van der Waals surface area contributed by atoms with Gasteiger partial charge in [-0.2, -0.15) is 5.10 Å². The third-order valence-corrected chi connectivity index (χ3v) is 4.01. The summed E-state index contributed by atoms with van der Waals surface area (Å²) in [6.45, 7) is 4.02. The molecule has 0 amide bonds. The first-order valence-corrected chi connectivity index (χ1v) is 6.62. The lowest BCUT2D eigenvalue weighted by Gasteiger charge is -2.37. The van der Waals surface area contributed by atoms with Gasteiger partial charge in [0.1, 0.15) is 0 Å². The van der Waals surface area contributed by atoms with Crippen molar-refractivity contribution in [3.05, 3.63) is 18.0 Å². The maximum absolute atomic E-state index is 9.54. The number of aliphatic hydroxyl groups excluding tert-OH is 1. The summed E-state index contributed by atoms with van der Waals surface area (Å²) in [5.41, 5.74) is 0.776. The van der Waals surface area contributed by atoms with E-state index in [1.54, 1.807) is 13.1 Å². The molecule has 0 bridgehead atoms. The number of aromatic nitrogens is 2. The van der Waals surface area contributed by atoms with Crippen molar-refractivity contribution >= 4 is 0 Å². The molecule has 5 heteroatoms. The van der Waals surface area contributed by atoms with Gasteiger partial charge in [0.05, 0.1) is 30.6 Å². The summed E-state index contributed by atoms with van der Waals surface area (Å²) in [6.07, 6.45) is 6.15. The topological polar surface area (TPSA) is 56.5 Å². The van der Waals surface area contributed by atoms with E-state index < -0.39 is 6.10 Å². The van der Waals surface area contributed by atoms with Crippen molar-refractivity contribution in [2.24, 2.45) is 0 Å². The molecule has 100 valence electrons. The molecular formula is C13H20N2O3. The first-order chi connectivity index (χ1) is 8.69. The van der Waals surface area contributed by atoms with Crippen molar-refractivity contribution in [1.82, 2.24) is 9.78 Å². The van der Waals surface area contributed by atoms with Crippen LogP contribution in [0.15, 0.2) is 12.4 Å². The summed E-state index contributed by atoms with van der Waals surface area (Å²) in [6, 6.07) is 0.355. The fourth-order valence-corrected chi connectivity index (χ4v) is 2.86. The molecule has 2 saturated heterocycles. The van der Waals surface area contributed by atoms with E-state index in [2.05, 4.69) is 5.10 Å². The van der Waals surface area contributed by atoms with E-state index in [-0.39, 0.29) is 5.60 Å². The fraction of sp³-hybridized carbons (Fsp3) is 0.769. The maximum atomic E-state index is 9.54. The zero-order chi connectivity index (χ0) is 12.6. The molecule has 1 aromatic heterocycles. The Morgan fingerprint density at radius 2 is 2.44 bits per heavy atom. The third-order valence-electron chi connectivity index (χ3n) is 4.01. The molecule has 2 aliphatic heterocycles. The van der Waals surface area contributed by atoms with Crippen molar-refractivity contribution < 1.29 is 14.6 Å². The number of ether oxygens (including phenoxy) is 2. The predicted molar refractivity (Wildman–Crippen MR) is 65.3 cm³/mol. The summed E-state index contributed by atoms with van der Waals surface area (Å²) in [5.74, 6) is 0. The van der Waals surface area contributed by atoms with E-state index in [1.807, 2.05) is 10.9 Å². The number of hydrogen-bond acceptors (Lipinski definition) is 4. The molecular weight excluding hydrogens is 232 g/mol. The van der Waals surface area contributed by atoms with Gasteiger partial charge in [0.15, 0.2) is 0 Å². The smallest absolute Gasteiger partial charge is 0.0957 e. The summed E-state index contributed by atoms with van der Waals surface area (Å²) in [5, 5.41) is 13.9. The highest BCUT2D eigenvalue weighted by Crippen LogP contribution is 2.37. The van der Waals surface area contributed by atoms with Crippen LogP contribution in [0.25, 0.3) is 0 Å². The summed E-state index contributed by atoms with van der Waals surface area (Å²) in [4.78, 5) is 0. The van der Waals surface area contributed by atoms with Crippen molar-refractivity contribution in [3.8, 4) is 0 Å². The summed E-state index contributed by atoms with van der Waals surface area (Å²) >= 11 is 0. The normalized spacial score (nSPS) is 34.0. The van der Waals surface area contributed by atoms with Crippen LogP contribution in [0.1, 0.15) is 43.9 Å². The Hall–Kier alpha value is -0.910. The minimum atomic E-state index is -0.456. The summed E-state index contributed by atoms with van der Waals surface area (Å²) in [7, 11) is 0. The van der Waals surface area contributed by atoms with Crippen LogP contribution < -0.4 is 0 Å². The van der Waals surface area contributed by atoms with E-state index >= 15 is 0 Å². The molecule has 1 spiro atoms. The van der Waals surface area contributed by atoms with Gasteiger partial charge in [-0.15, -0.1) is 0 Å². The van der Waals surface area contributed by atoms with Crippen molar-refractivity contribution in [2.75, 3.05) is 19.8 Å². The molecule has 0 radical (unpaired) electrons. The zero-order valence-corrected chi connectivity index (χ0v) is 10.7. The van der Waals surface area contributed by atoms with E-state index in [1.165, 1.54) is 0 Å². The number of nitrogens with zero attached hydrogens (tertiary/aromatic N) is 2. The maximum Gasteiger partial charge on any atom is 0.0957 e.